The average Bonchev–Trinajstić information content (AvgIpc) is 2.74. The summed E-state index contributed by atoms with van der Waals surface area (Å²) < 4.78 is 5.30. The van der Waals surface area contributed by atoms with E-state index < -0.39 is 12.1 Å². The molecule has 0 radical (unpaired) electrons. The first-order chi connectivity index (χ1) is 14.4. The highest BCUT2D eigenvalue weighted by Crippen LogP contribution is 2.24. The van der Waals surface area contributed by atoms with E-state index in [0.717, 1.165) is 5.56 Å². The van der Waals surface area contributed by atoms with Crippen LogP contribution in [0.15, 0.2) is 54.6 Å². The van der Waals surface area contributed by atoms with Crippen LogP contribution in [0, 0.1) is 10.8 Å². The zero-order valence-electron chi connectivity index (χ0n) is 16.4. The number of ether oxygens (including phenoxy) is 1. The van der Waals surface area contributed by atoms with E-state index in [1.807, 2.05) is 30.3 Å². The predicted octanol–water partition coefficient (Wildman–Crippen LogP) is 1.43. The zero-order chi connectivity index (χ0) is 21.7. The summed E-state index contributed by atoms with van der Waals surface area (Å²) >= 11 is 0. The Kier molecular flexibility index (Phi) is 6.31. The molecule has 2 aromatic rings. The number of benzene rings is 2. The molecule has 9 heteroatoms. The van der Waals surface area contributed by atoms with Crippen LogP contribution in [0.1, 0.15) is 22.7 Å². The van der Waals surface area contributed by atoms with E-state index in [-0.39, 0.29) is 43.8 Å². The summed E-state index contributed by atoms with van der Waals surface area (Å²) in [5.74, 6) is -0.576. The molecule has 1 saturated heterocycles. The van der Waals surface area contributed by atoms with Gasteiger partial charge in [0.25, 0.3) is 0 Å². The van der Waals surface area contributed by atoms with Crippen LogP contribution in [0.5, 0.6) is 0 Å². The topological polar surface area (TPSA) is 150 Å². The van der Waals surface area contributed by atoms with Crippen molar-refractivity contribution in [2.24, 2.45) is 11.5 Å². The molecule has 1 fully saturated rings. The number of rotatable bonds is 6. The molecular weight excluding hydrogens is 384 g/mol. The third-order valence-electron chi connectivity index (χ3n) is 4.86. The lowest BCUT2D eigenvalue weighted by atomic mass is 10.0. The molecule has 0 bridgehead atoms. The fraction of sp³-hybridized carbons (Fsp3) is 0.238. The van der Waals surface area contributed by atoms with Crippen LogP contribution in [-0.2, 0) is 16.1 Å². The van der Waals surface area contributed by atoms with E-state index in [1.54, 1.807) is 24.3 Å². The number of nitrogens with zero attached hydrogens (tertiary/aromatic N) is 2. The quantitative estimate of drug-likeness (QED) is 0.421. The fourth-order valence-corrected chi connectivity index (χ4v) is 3.30. The maximum atomic E-state index is 12.7. The molecule has 1 atom stereocenters. The van der Waals surface area contributed by atoms with Crippen molar-refractivity contribution in [2.75, 3.05) is 19.6 Å². The number of hydrogen-bond acceptors (Lipinski definition) is 5. The van der Waals surface area contributed by atoms with E-state index in [1.165, 1.54) is 9.80 Å². The average molecular weight is 408 g/mol. The van der Waals surface area contributed by atoms with Gasteiger partial charge in [-0.05, 0) is 11.1 Å². The number of carbonyl (C=O) groups excluding carboxylic acids is 2. The minimum absolute atomic E-state index is 0.0698. The molecular formula is C21H24N6O3. The highest BCUT2D eigenvalue weighted by Gasteiger charge is 2.34. The van der Waals surface area contributed by atoms with Gasteiger partial charge in [-0.15, -0.1) is 0 Å². The van der Waals surface area contributed by atoms with Crippen LogP contribution in [0.2, 0.25) is 0 Å². The molecule has 1 heterocycles. The Morgan fingerprint density at radius 1 is 1.03 bits per heavy atom. The molecule has 9 nitrogen and oxygen atoms in total. The lowest BCUT2D eigenvalue weighted by Crippen LogP contribution is -2.55. The van der Waals surface area contributed by atoms with E-state index in [4.69, 9.17) is 27.0 Å². The van der Waals surface area contributed by atoms with Gasteiger partial charge >= 0.3 is 6.09 Å². The van der Waals surface area contributed by atoms with Crippen molar-refractivity contribution >= 4 is 23.7 Å². The molecule has 1 unspecified atom stereocenters. The van der Waals surface area contributed by atoms with Crippen LogP contribution in [0.25, 0.3) is 0 Å². The van der Waals surface area contributed by atoms with Crippen LogP contribution in [0.3, 0.4) is 0 Å². The van der Waals surface area contributed by atoms with Gasteiger partial charge < -0.3 is 21.1 Å². The summed E-state index contributed by atoms with van der Waals surface area (Å²) in [5.41, 5.74) is 13.3. The molecule has 30 heavy (non-hydrogen) atoms. The second kappa shape index (κ2) is 9.08. The smallest absolute Gasteiger partial charge is 0.410 e. The van der Waals surface area contributed by atoms with Gasteiger partial charge in [0.05, 0.1) is 0 Å². The van der Waals surface area contributed by atoms with Gasteiger partial charge in [-0.2, -0.15) is 0 Å². The first-order valence-electron chi connectivity index (χ1n) is 9.40. The minimum Gasteiger partial charge on any atom is -0.445 e. The highest BCUT2D eigenvalue weighted by molar-refractivity contribution is 5.95. The molecule has 2 aromatic carbocycles. The number of amides is 2. The SMILES string of the molecule is N=C(N)c1ccc(C(C(=N)N)N2CCN(C(=O)OCc3ccccc3)CC2=O)cc1. The number of nitrogen functional groups attached to an aromatic ring is 1. The lowest BCUT2D eigenvalue weighted by molar-refractivity contribution is -0.136. The first-order valence-corrected chi connectivity index (χ1v) is 9.40. The molecule has 0 aliphatic carbocycles. The molecule has 0 spiro atoms. The highest BCUT2D eigenvalue weighted by atomic mass is 16.6. The predicted molar refractivity (Wildman–Crippen MR) is 112 cm³/mol. The van der Waals surface area contributed by atoms with Crippen molar-refractivity contribution in [3.8, 4) is 0 Å². The van der Waals surface area contributed by atoms with Crippen LogP contribution in [-0.4, -0.2) is 53.1 Å². The lowest BCUT2D eigenvalue weighted by Gasteiger charge is -2.38. The summed E-state index contributed by atoms with van der Waals surface area (Å²) in [5, 5.41) is 15.4. The Morgan fingerprint density at radius 2 is 1.70 bits per heavy atom. The van der Waals surface area contributed by atoms with Crippen molar-refractivity contribution in [2.45, 2.75) is 12.6 Å². The zero-order valence-corrected chi connectivity index (χ0v) is 16.4. The third-order valence-corrected chi connectivity index (χ3v) is 4.86. The standard InChI is InChI=1S/C21H24N6O3/c22-19(23)16-8-6-15(7-9-16)18(20(24)25)27-11-10-26(12-17(27)28)21(29)30-13-14-4-2-1-3-5-14/h1-9,18H,10-13H2,(H3,22,23)(H3,24,25). The summed E-state index contributed by atoms with van der Waals surface area (Å²) in [7, 11) is 0. The molecule has 6 N–H and O–H groups in total. The number of carbonyl (C=O) groups is 2. The van der Waals surface area contributed by atoms with Gasteiger partial charge in [0.2, 0.25) is 5.91 Å². The first kappa shape index (κ1) is 20.8. The molecule has 156 valence electrons. The van der Waals surface area contributed by atoms with Crippen molar-refractivity contribution in [1.82, 2.24) is 9.80 Å². The van der Waals surface area contributed by atoms with Crippen LogP contribution in [0.4, 0.5) is 4.79 Å². The van der Waals surface area contributed by atoms with Gasteiger partial charge in [0.15, 0.2) is 0 Å². The van der Waals surface area contributed by atoms with Crippen molar-refractivity contribution in [3.63, 3.8) is 0 Å². The Labute approximate surface area is 174 Å². The fourth-order valence-electron chi connectivity index (χ4n) is 3.30. The van der Waals surface area contributed by atoms with E-state index in [0.29, 0.717) is 11.1 Å². The Balaban J connectivity index is 1.65. The van der Waals surface area contributed by atoms with Gasteiger partial charge in [-0.25, -0.2) is 4.79 Å². The van der Waals surface area contributed by atoms with Gasteiger partial charge in [-0.1, -0.05) is 54.6 Å². The molecule has 1 aliphatic rings. The molecule has 1 aliphatic heterocycles. The second-order valence-electron chi connectivity index (χ2n) is 6.94. The van der Waals surface area contributed by atoms with Crippen LogP contribution >= 0.6 is 0 Å². The van der Waals surface area contributed by atoms with Gasteiger partial charge in [0, 0.05) is 18.7 Å². The normalized spacial score (nSPS) is 14.9. The van der Waals surface area contributed by atoms with Gasteiger partial charge in [-0.3, -0.25) is 20.5 Å². The molecule has 2 amide bonds. The van der Waals surface area contributed by atoms with Crippen molar-refractivity contribution in [3.05, 3.63) is 71.3 Å². The molecule has 0 saturated carbocycles. The van der Waals surface area contributed by atoms with Crippen LogP contribution < -0.4 is 11.5 Å². The van der Waals surface area contributed by atoms with Gasteiger partial charge in [0.1, 0.15) is 30.9 Å². The minimum atomic E-state index is -0.749. The van der Waals surface area contributed by atoms with Crippen molar-refractivity contribution < 1.29 is 14.3 Å². The summed E-state index contributed by atoms with van der Waals surface area (Å²) in [4.78, 5) is 27.9. The third kappa shape index (κ3) is 4.75. The summed E-state index contributed by atoms with van der Waals surface area (Å²) in [6.45, 7) is 0.474. The Hall–Kier alpha value is -3.88. The Morgan fingerprint density at radius 3 is 2.27 bits per heavy atom. The maximum Gasteiger partial charge on any atom is 0.410 e. The molecule has 0 aromatic heterocycles. The second-order valence-corrected chi connectivity index (χ2v) is 6.94. The largest absolute Gasteiger partial charge is 0.445 e. The maximum absolute atomic E-state index is 12.7. The number of piperazine rings is 1. The number of nitrogens with two attached hydrogens (primary N) is 2. The Bertz CT molecular complexity index is 945. The monoisotopic (exact) mass is 408 g/mol. The molecule has 3 rings (SSSR count). The number of amidine groups is 2. The number of hydrogen-bond donors (Lipinski definition) is 4. The van der Waals surface area contributed by atoms with Crippen molar-refractivity contribution in [1.29, 1.82) is 10.8 Å². The van der Waals surface area contributed by atoms with E-state index in [9.17, 15) is 9.59 Å². The number of nitrogens with one attached hydrogen (secondary N) is 2. The van der Waals surface area contributed by atoms with E-state index in [2.05, 4.69) is 0 Å². The summed E-state index contributed by atoms with van der Waals surface area (Å²) in [6, 6.07) is 15.2. The van der Waals surface area contributed by atoms with E-state index >= 15 is 0 Å². The summed E-state index contributed by atoms with van der Waals surface area (Å²) in [6.07, 6.45) is -0.558.